The average Bonchev–Trinajstić information content (AvgIpc) is 2.12. The molecule has 1 aliphatic heterocycles. The summed E-state index contributed by atoms with van der Waals surface area (Å²) < 4.78 is 0. The lowest BCUT2D eigenvalue weighted by atomic mass is 10.1. The first-order chi connectivity index (χ1) is 3.80. The van der Waals surface area contributed by atoms with E-state index in [0.717, 1.165) is 12.1 Å². The van der Waals surface area contributed by atoms with Crippen LogP contribution >= 0.6 is 0 Å². The summed E-state index contributed by atoms with van der Waals surface area (Å²) in [6.45, 7) is 5.94. The van der Waals surface area contributed by atoms with Crippen LogP contribution in [0.2, 0.25) is 0 Å². The Hall–Kier alpha value is -0.530. The number of oxime groups is 1. The molecule has 1 heterocycles. The zero-order valence-corrected chi connectivity index (χ0v) is 5.22. The van der Waals surface area contributed by atoms with Crippen molar-refractivity contribution in [3.8, 4) is 0 Å². The highest BCUT2D eigenvalue weighted by molar-refractivity contribution is 5.87. The van der Waals surface area contributed by atoms with Crippen molar-refractivity contribution in [1.29, 1.82) is 0 Å². The molecular formula is C6H10NO. The minimum atomic E-state index is 0.536. The highest BCUT2D eigenvalue weighted by Gasteiger charge is 2.11. The van der Waals surface area contributed by atoms with E-state index in [1.54, 1.807) is 6.61 Å². The van der Waals surface area contributed by atoms with Crippen molar-refractivity contribution in [3.63, 3.8) is 0 Å². The third-order valence-electron chi connectivity index (χ3n) is 1.20. The zero-order valence-electron chi connectivity index (χ0n) is 5.22. The maximum absolute atomic E-state index is 4.68. The van der Waals surface area contributed by atoms with Gasteiger partial charge >= 0.3 is 0 Å². The molecule has 2 heteroatoms. The van der Waals surface area contributed by atoms with Crippen LogP contribution in [-0.2, 0) is 4.84 Å². The smallest absolute Gasteiger partial charge is 0.172 e. The third-order valence-corrected chi connectivity index (χ3v) is 1.20. The van der Waals surface area contributed by atoms with Gasteiger partial charge in [0.25, 0.3) is 0 Å². The molecule has 0 bridgehead atoms. The maximum Gasteiger partial charge on any atom is 0.172 e. The first-order valence-corrected chi connectivity index (χ1v) is 2.85. The van der Waals surface area contributed by atoms with Crippen LogP contribution in [0.4, 0.5) is 0 Å². The Morgan fingerprint density at radius 2 is 2.50 bits per heavy atom. The van der Waals surface area contributed by atoms with E-state index in [1.807, 2.05) is 0 Å². The molecule has 45 valence electrons. The van der Waals surface area contributed by atoms with E-state index in [4.69, 9.17) is 0 Å². The predicted molar refractivity (Wildman–Crippen MR) is 32.3 cm³/mol. The second-order valence-corrected chi connectivity index (χ2v) is 2.21. The highest BCUT2D eigenvalue weighted by atomic mass is 16.6. The van der Waals surface area contributed by atoms with E-state index in [1.165, 1.54) is 0 Å². The normalized spacial score (nSPS) is 18.6. The summed E-state index contributed by atoms with van der Waals surface area (Å²) in [5, 5.41) is 3.80. The number of nitrogens with zero attached hydrogens (tertiary/aromatic N) is 1. The molecule has 0 saturated heterocycles. The van der Waals surface area contributed by atoms with E-state index in [2.05, 4.69) is 23.8 Å². The lowest BCUT2D eigenvalue weighted by Gasteiger charge is -1.96. The fraction of sp³-hybridized carbons (Fsp3) is 0.667. The summed E-state index contributed by atoms with van der Waals surface area (Å²) in [7, 11) is 0. The van der Waals surface area contributed by atoms with Crippen LogP contribution in [0.5, 0.6) is 0 Å². The molecule has 0 saturated carbocycles. The summed E-state index contributed by atoms with van der Waals surface area (Å²) >= 11 is 0. The second kappa shape index (κ2) is 2.16. The van der Waals surface area contributed by atoms with Gasteiger partial charge in [-0.25, -0.2) is 0 Å². The molecule has 0 aromatic carbocycles. The van der Waals surface area contributed by atoms with Crippen molar-refractivity contribution < 1.29 is 4.84 Å². The Morgan fingerprint density at radius 1 is 1.75 bits per heavy atom. The standard InChI is InChI=1S/C6H10NO/c1-5(2)6-3-4-8-7-6/h4-5H,3H2,1-2H3. The topological polar surface area (TPSA) is 21.6 Å². The molecular weight excluding hydrogens is 102 g/mol. The number of hydrogen-bond donors (Lipinski definition) is 0. The molecule has 0 aromatic heterocycles. The maximum atomic E-state index is 4.68. The van der Waals surface area contributed by atoms with E-state index in [-0.39, 0.29) is 0 Å². The van der Waals surface area contributed by atoms with Gasteiger partial charge in [-0.1, -0.05) is 19.0 Å². The first kappa shape index (κ1) is 5.60. The molecule has 0 N–H and O–H groups in total. The van der Waals surface area contributed by atoms with Crippen molar-refractivity contribution in [3.05, 3.63) is 6.61 Å². The number of rotatable bonds is 1. The Morgan fingerprint density at radius 3 is 2.75 bits per heavy atom. The van der Waals surface area contributed by atoms with Gasteiger partial charge < -0.3 is 4.84 Å². The van der Waals surface area contributed by atoms with Gasteiger partial charge in [-0.05, 0) is 5.92 Å². The SMILES string of the molecule is CC(C)C1=NO[CH]C1. The van der Waals surface area contributed by atoms with Gasteiger partial charge in [-0.3, -0.25) is 0 Å². The average molecular weight is 112 g/mol. The zero-order chi connectivity index (χ0) is 5.98. The van der Waals surface area contributed by atoms with Crippen LogP contribution in [0, 0.1) is 12.5 Å². The van der Waals surface area contributed by atoms with Gasteiger partial charge in [0, 0.05) is 6.42 Å². The molecule has 2 nitrogen and oxygen atoms in total. The van der Waals surface area contributed by atoms with Crippen LogP contribution < -0.4 is 0 Å². The van der Waals surface area contributed by atoms with Gasteiger partial charge in [0.1, 0.15) is 0 Å². The summed E-state index contributed by atoms with van der Waals surface area (Å²) in [6.07, 6.45) is 0.900. The molecule has 1 rings (SSSR count). The molecule has 0 spiro atoms. The Kier molecular flexibility index (Phi) is 1.51. The van der Waals surface area contributed by atoms with Crippen LogP contribution in [0.25, 0.3) is 0 Å². The van der Waals surface area contributed by atoms with E-state index in [0.29, 0.717) is 5.92 Å². The highest BCUT2D eigenvalue weighted by Crippen LogP contribution is 2.11. The molecule has 0 amide bonds. The second-order valence-electron chi connectivity index (χ2n) is 2.21. The Labute approximate surface area is 49.5 Å². The molecule has 0 atom stereocenters. The van der Waals surface area contributed by atoms with Gasteiger partial charge in [0.05, 0.1) is 5.71 Å². The molecule has 8 heavy (non-hydrogen) atoms. The predicted octanol–water partition coefficient (Wildman–Crippen LogP) is 1.58. The summed E-state index contributed by atoms with van der Waals surface area (Å²) in [4.78, 5) is 4.68. The summed E-state index contributed by atoms with van der Waals surface area (Å²) in [5.41, 5.74) is 1.14. The first-order valence-electron chi connectivity index (χ1n) is 2.85. The van der Waals surface area contributed by atoms with E-state index < -0.39 is 0 Å². The van der Waals surface area contributed by atoms with Crippen LogP contribution in [0.1, 0.15) is 20.3 Å². The third kappa shape index (κ3) is 0.997. The quantitative estimate of drug-likeness (QED) is 0.504. The van der Waals surface area contributed by atoms with Crippen LogP contribution in [-0.4, -0.2) is 5.71 Å². The van der Waals surface area contributed by atoms with Gasteiger partial charge in [0.15, 0.2) is 6.61 Å². The van der Waals surface area contributed by atoms with Crippen molar-refractivity contribution >= 4 is 5.71 Å². The minimum absolute atomic E-state index is 0.536. The molecule has 1 radical (unpaired) electrons. The molecule has 0 aliphatic carbocycles. The largest absolute Gasteiger partial charge is 0.388 e. The van der Waals surface area contributed by atoms with Gasteiger partial charge in [-0.15, -0.1) is 0 Å². The van der Waals surface area contributed by atoms with E-state index >= 15 is 0 Å². The van der Waals surface area contributed by atoms with Gasteiger partial charge in [0.2, 0.25) is 0 Å². The fourth-order valence-corrected chi connectivity index (χ4v) is 0.606. The summed E-state index contributed by atoms with van der Waals surface area (Å²) in [5.74, 6) is 0.536. The van der Waals surface area contributed by atoms with Crippen LogP contribution in [0.15, 0.2) is 5.16 Å². The molecule has 0 aromatic rings. The van der Waals surface area contributed by atoms with Crippen LogP contribution in [0.3, 0.4) is 0 Å². The minimum Gasteiger partial charge on any atom is -0.388 e. The number of hydrogen-bond acceptors (Lipinski definition) is 2. The Bertz CT molecular complexity index is 107. The Balaban J connectivity index is 2.45. The monoisotopic (exact) mass is 112 g/mol. The summed E-state index contributed by atoms with van der Waals surface area (Å²) in [6, 6.07) is 0. The van der Waals surface area contributed by atoms with Crippen molar-refractivity contribution in [2.24, 2.45) is 11.1 Å². The molecule has 0 unspecified atom stereocenters. The molecule has 1 aliphatic rings. The lowest BCUT2D eigenvalue weighted by molar-refractivity contribution is 0.234. The van der Waals surface area contributed by atoms with Crippen molar-refractivity contribution in [2.45, 2.75) is 20.3 Å². The van der Waals surface area contributed by atoms with Crippen molar-refractivity contribution in [1.82, 2.24) is 0 Å². The van der Waals surface area contributed by atoms with E-state index in [9.17, 15) is 0 Å². The fourth-order valence-electron chi connectivity index (χ4n) is 0.606. The molecule has 0 fully saturated rings. The lowest BCUT2D eigenvalue weighted by Crippen LogP contribution is -2.02. The van der Waals surface area contributed by atoms with Gasteiger partial charge in [-0.2, -0.15) is 0 Å². The van der Waals surface area contributed by atoms with Crippen molar-refractivity contribution in [2.75, 3.05) is 0 Å².